The van der Waals surface area contributed by atoms with E-state index >= 15 is 0 Å². The van der Waals surface area contributed by atoms with Gasteiger partial charge < -0.3 is 5.32 Å². The molecule has 3 heterocycles. The standard InChI is InChI=1S/C16H18N4O2S/c21-12-9-23-14(10-4-3-7-17-8-10)13-15(18-12)20(19-16(13)22)11-5-1-2-6-11/h3-4,7-8,11,14H,1-2,5-6,9H2,(H,18,21)(H,19,22)/t14-/m0/s1. The third-order valence-corrected chi connectivity index (χ3v) is 5.81. The van der Waals surface area contributed by atoms with E-state index in [0.29, 0.717) is 17.1 Å². The van der Waals surface area contributed by atoms with Crippen LogP contribution in [0.15, 0.2) is 29.3 Å². The monoisotopic (exact) mass is 330 g/mol. The van der Waals surface area contributed by atoms with Crippen molar-refractivity contribution < 1.29 is 4.79 Å². The minimum Gasteiger partial charge on any atom is -0.310 e. The molecule has 1 amide bonds. The minimum absolute atomic E-state index is 0.0617. The second kappa shape index (κ2) is 5.88. The molecular weight excluding hydrogens is 312 g/mol. The normalized spacial score (nSPS) is 21.7. The fourth-order valence-corrected chi connectivity index (χ4v) is 4.58. The number of carbonyl (C=O) groups excluding carboxylic acids is 1. The maximum atomic E-state index is 12.6. The van der Waals surface area contributed by atoms with Crippen molar-refractivity contribution in [2.24, 2.45) is 0 Å². The first kappa shape index (κ1) is 14.6. The molecule has 1 atom stereocenters. The number of fused-ring (bicyclic) bond motifs is 1. The van der Waals surface area contributed by atoms with Gasteiger partial charge in [-0.3, -0.25) is 24.4 Å². The van der Waals surface area contributed by atoms with E-state index in [-0.39, 0.29) is 22.8 Å². The van der Waals surface area contributed by atoms with Crippen molar-refractivity contribution in [2.75, 3.05) is 11.1 Å². The van der Waals surface area contributed by atoms with Gasteiger partial charge >= 0.3 is 0 Å². The van der Waals surface area contributed by atoms with Crippen LogP contribution < -0.4 is 10.9 Å². The zero-order chi connectivity index (χ0) is 15.8. The van der Waals surface area contributed by atoms with Crippen LogP contribution in [-0.2, 0) is 4.79 Å². The van der Waals surface area contributed by atoms with Crippen LogP contribution in [0, 0.1) is 0 Å². The summed E-state index contributed by atoms with van der Waals surface area (Å²) < 4.78 is 1.89. The van der Waals surface area contributed by atoms with Gasteiger partial charge in [0.1, 0.15) is 5.82 Å². The summed E-state index contributed by atoms with van der Waals surface area (Å²) in [5.74, 6) is 0.914. The number of aromatic amines is 1. The highest BCUT2D eigenvalue weighted by atomic mass is 32.2. The summed E-state index contributed by atoms with van der Waals surface area (Å²) in [7, 11) is 0. The van der Waals surface area contributed by atoms with Gasteiger partial charge in [-0.2, -0.15) is 0 Å². The van der Waals surface area contributed by atoms with Crippen molar-refractivity contribution in [1.29, 1.82) is 0 Å². The molecule has 23 heavy (non-hydrogen) atoms. The van der Waals surface area contributed by atoms with Gasteiger partial charge in [0.2, 0.25) is 5.91 Å². The molecule has 2 aromatic rings. The van der Waals surface area contributed by atoms with Crippen LogP contribution in [0.25, 0.3) is 0 Å². The molecule has 4 rings (SSSR count). The second-order valence-corrected chi connectivity index (χ2v) is 7.13. The highest BCUT2D eigenvalue weighted by Gasteiger charge is 2.32. The van der Waals surface area contributed by atoms with E-state index in [2.05, 4.69) is 15.4 Å². The smallest absolute Gasteiger partial charge is 0.270 e. The highest BCUT2D eigenvalue weighted by molar-refractivity contribution is 8.00. The summed E-state index contributed by atoms with van der Waals surface area (Å²) in [6, 6.07) is 4.08. The fourth-order valence-electron chi connectivity index (χ4n) is 3.47. The third-order valence-electron chi connectivity index (χ3n) is 4.54. The molecule has 0 saturated heterocycles. The van der Waals surface area contributed by atoms with Gasteiger partial charge in [0.05, 0.1) is 22.6 Å². The van der Waals surface area contributed by atoms with Gasteiger partial charge in [-0.15, -0.1) is 11.8 Å². The van der Waals surface area contributed by atoms with Crippen LogP contribution in [0.4, 0.5) is 5.82 Å². The molecule has 2 aromatic heterocycles. The summed E-state index contributed by atoms with van der Waals surface area (Å²) in [6.07, 6.45) is 7.88. The predicted octanol–water partition coefficient (Wildman–Crippen LogP) is 2.46. The number of carbonyl (C=O) groups is 1. The van der Waals surface area contributed by atoms with Gasteiger partial charge in [-0.25, -0.2) is 0 Å². The van der Waals surface area contributed by atoms with E-state index in [0.717, 1.165) is 31.2 Å². The maximum Gasteiger partial charge on any atom is 0.270 e. The van der Waals surface area contributed by atoms with Crippen LogP contribution in [0.1, 0.15) is 48.1 Å². The molecular formula is C16H18N4O2S. The summed E-state index contributed by atoms with van der Waals surface area (Å²) in [5.41, 5.74) is 1.47. The van der Waals surface area contributed by atoms with Crippen LogP contribution >= 0.6 is 11.8 Å². The van der Waals surface area contributed by atoms with E-state index in [4.69, 9.17) is 0 Å². The number of H-pyrrole nitrogens is 1. The predicted molar refractivity (Wildman–Crippen MR) is 89.7 cm³/mol. The van der Waals surface area contributed by atoms with Crippen molar-refractivity contribution in [3.63, 3.8) is 0 Å². The van der Waals surface area contributed by atoms with Crippen LogP contribution in [0.2, 0.25) is 0 Å². The Morgan fingerprint density at radius 2 is 2.09 bits per heavy atom. The van der Waals surface area contributed by atoms with Crippen molar-refractivity contribution in [3.05, 3.63) is 46.0 Å². The zero-order valence-corrected chi connectivity index (χ0v) is 13.4. The molecule has 0 aromatic carbocycles. The molecule has 0 radical (unpaired) electrons. The summed E-state index contributed by atoms with van der Waals surface area (Å²) in [4.78, 5) is 28.9. The van der Waals surface area contributed by atoms with Gasteiger partial charge in [0.15, 0.2) is 0 Å². The van der Waals surface area contributed by atoms with Crippen LogP contribution in [0.3, 0.4) is 0 Å². The quantitative estimate of drug-likeness (QED) is 0.886. The Kier molecular flexibility index (Phi) is 3.72. The summed E-state index contributed by atoms with van der Waals surface area (Å²) in [5, 5.41) is 5.72. The van der Waals surface area contributed by atoms with E-state index in [9.17, 15) is 9.59 Å². The molecule has 7 heteroatoms. The van der Waals surface area contributed by atoms with Crippen molar-refractivity contribution in [2.45, 2.75) is 37.0 Å². The molecule has 2 aliphatic rings. The topological polar surface area (TPSA) is 79.8 Å². The Morgan fingerprint density at radius 1 is 1.26 bits per heavy atom. The highest BCUT2D eigenvalue weighted by Crippen LogP contribution is 2.41. The molecule has 0 bridgehead atoms. The third kappa shape index (κ3) is 2.59. The molecule has 0 unspecified atom stereocenters. The maximum absolute atomic E-state index is 12.6. The number of nitrogens with zero attached hydrogens (tertiary/aromatic N) is 2. The molecule has 1 fully saturated rings. The average Bonchev–Trinajstić information content (AvgIpc) is 3.14. The second-order valence-electron chi connectivity index (χ2n) is 6.04. The molecule has 1 saturated carbocycles. The van der Waals surface area contributed by atoms with Crippen LogP contribution in [-0.4, -0.2) is 26.4 Å². The molecule has 2 N–H and O–H groups in total. The number of aromatic nitrogens is 3. The molecule has 6 nitrogen and oxygen atoms in total. The Morgan fingerprint density at radius 3 is 2.83 bits per heavy atom. The lowest BCUT2D eigenvalue weighted by atomic mass is 10.1. The van der Waals surface area contributed by atoms with Gasteiger partial charge in [0.25, 0.3) is 5.56 Å². The number of rotatable bonds is 2. The molecule has 120 valence electrons. The minimum atomic E-state index is -0.177. The zero-order valence-electron chi connectivity index (χ0n) is 12.6. The van der Waals surface area contributed by atoms with Crippen molar-refractivity contribution in [3.8, 4) is 0 Å². The number of hydrogen-bond acceptors (Lipinski definition) is 4. The van der Waals surface area contributed by atoms with E-state index in [1.165, 1.54) is 11.8 Å². The Labute approximate surface area is 137 Å². The summed E-state index contributed by atoms with van der Waals surface area (Å²) >= 11 is 1.47. The Hall–Kier alpha value is -2.02. The van der Waals surface area contributed by atoms with Crippen molar-refractivity contribution in [1.82, 2.24) is 14.8 Å². The largest absolute Gasteiger partial charge is 0.310 e. The number of amides is 1. The first-order chi connectivity index (χ1) is 11.2. The lowest BCUT2D eigenvalue weighted by Crippen LogP contribution is -2.18. The number of hydrogen-bond donors (Lipinski definition) is 2. The van der Waals surface area contributed by atoms with Gasteiger partial charge in [-0.1, -0.05) is 18.9 Å². The lowest BCUT2D eigenvalue weighted by molar-refractivity contribution is -0.113. The molecule has 1 aliphatic carbocycles. The number of nitrogens with one attached hydrogen (secondary N) is 2. The number of pyridine rings is 1. The first-order valence-electron chi connectivity index (χ1n) is 7.90. The first-order valence-corrected chi connectivity index (χ1v) is 8.94. The van der Waals surface area contributed by atoms with Gasteiger partial charge in [0, 0.05) is 12.4 Å². The summed E-state index contributed by atoms with van der Waals surface area (Å²) in [6.45, 7) is 0. The number of anilines is 1. The Balaban J connectivity index is 1.85. The number of thioether (sulfide) groups is 1. The average molecular weight is 330 g/mol. The van der Waals surface area contributed by atoms with Crippen LogP contribution in [0.5, 0.6) is 0 Å². The van der Waals surface area contributed by atoms with E-state index < -0.39 is 0 Å². The SMILES string of the molecule is O=C1CS[C@@H](c2cccnc2)c2c(n(C3CCCC3)[nH]c2=O)N1. The van der Waals surface area contributed by atoms with Gasteiger partial charge in [-0.05, 0) is 24.5 Å². The fraction of sp³-hybridized carbons (Fsp3) is 0.438. The molecule has 0 spiro atoms. The van der Waals surface area contributed by atoms with Crippen molar-refractivity contribution >= 4 is 23.5 Å². The van der Waals surface area contributed by atoms with E-state index in [1.54, 1.807) is 12.4 Å². The lowest BCUT2D eigenvalue weighted by Gasteiger charge is -2.16. The molecule has 1 aliphatic heterocycles. The van der Waals surface area contributed by atoms with E-state index in [1.807, 2.05) is 16.8 Å². The Bertz CT molecular complexity index is 777.